The van der Waals surface area contributed by atoms with Gasteiger partial charge in [0.2, 0.25) is 0 Å². The fourth-order valence-electron chi connectivity index (χ4n) is 1.60. The van der Waals surface area contributed by atoms with E-state index in [1.807, 2.05) is 0 Å². The quantitative estimate of drug-likeness (QED) is 0.821. The van der Waals surface area contributed by atoms with Crippen LogP contribution in [-0.2, 0) is 16.8 Å². The number of anilines is 1. The molecular formula is C11H18FN3O2S. The summed E-state index contributed by atoms with van der Waals surface area (Å²) in [6.07, 6.45) is 0. The van der Waals surface area contributed by atoms with Crippen LogP contribution in [0.5, 0.6) is 0 Å². The summed E-state index contributed by atoms with van der Waals surface area (Å²) in [7, 11) is -3.62. The van der Waals surface area contributed by atoms with Gasteiger partial charge in [-0.1, -0.05) is 13.8 Å². The SMILES string of the molecule is CCN(CC)S(=O)(=O)Nc1ccc(F)cc1CN. The Balaban J connectivity index is 3.04. The summed E-state index contributed by atoms with van der Waals surface area (Å²) >= 11 is 0. The predicted octanol–water partition coefficient (Wildman–Crippen LogP) is 1.28. The Bertz CT molecular complexity index is 501. The van der Waals surface area contributed by atoms with Gasteiger partial charge >= 0.3 is 10.2 Å². The van der Waals surface area contributed by atoms with Crippen molar-refractivity contribution < 1.29 is 12.8 Å². The molecule has 102 valence electrons. The number of nitrogens with two attached hydrogens (primary N) is 1. The minimum absolute atomic E-state index is 0.0634. The molecule has 0 aromatic heterocycles. The van der Waals surface area contributed by atoms with E-state index in [1.165, 1.54) is 22.5 Å². The van der Waals surface area contributed by atoms with Crippen LogP contribution in [-0.4, -0.2) is 25.8 Å². The first-order valence-corrected chi connectivity index (χ1v) is 7.15. The summed E-state index contributed by atoms with van der Waals surface area (Å²) in [5.74, 6) is -0.443. The molecular weight excluding hydrogens is 257 g/mol. The van der Waals surface area contributed by atoms with Gasteiger partial charge < -0.3 is 5.73 Å². The molecule has 18 heavy (non-hydrogen) atoms. The standard InChI is InChI=1S/C11H18FN3O2S/c1-3-15(4-2)18(16,17)14-11-6-5-10(12)7-9(11)8-13/h5-7,14H,3-4,8,13H2,1-2H3. The highest BCUT2D eigenvalue weighted by Crippen LogP contribution is 2.18. The average molecular weight is 275 g/mol. The van der Waals surface area contributed by atoms with Gasteiger partial charge in [-0.15, -0.1) is 0 Å². The molecule has 0 aliphatic heterocycles. The van der Waals surface area contributed by atoms with Gasteiger partial charge in [0.1, 0.15) is 5.82 Å². The Morgan fingerprint density at radius 2 is 1.94 bits per heavy atom. The summed E-state index contributed by atoms with van der Waals surface area (Å²) in [4.78, 5) is 0. The second-order valence-electron chi connectivity index (χ2n) is 3.70. The fourth-order valence-corrected chi connectivity index (χ4v) is 2.88. The number of rotatable bonds is 6. The minimum Gasteiger partial charge on any atom is -0.326 e. The topological polar surface area (TPSA) is 75.4 Å². The van der Waals surface area contributed by atoms with Crippen LogP contribution in [0.15, 0.2) is 18.2 Å². The zero-order chi connectivity index (χ0) is 13.8. The summed E-state index contributed by atoms with van der Waals surface area (Å²) in [5, 5.41) is 0. The maximum Gasteiger partial charge on any atom is 0.301 e. The highest BCUT2D eigenvalue weighted by Gasteiger charge is 2.19. The molecule has 0 atom stereocenters. The van der Waals surface area contributed by atoms with Crippen LogP contribution < -0.4 is 10.5 Å². The molecule has 0 radical (unpaired) electrons. The molecule has 3 N–H and O–H groups in total. The third-order valence-corrected chi connectivity index (χ3v) is 4.25. The average Bonchev–Trinajstić information content (AvgIpc) is 2.32. The molecule has 0 saturated carbocycles. The number of halogens is 1. The van der Waals surface area contributed by atoms with E-state index in [1.54, 1.807) is 13.8 Å². The molecule has 0 aliphatic carbocycles. The Morgan fingerprint density at radius 1 is 1.33 bits per heavy atom. The van der Waals surface area contributed by atoms with E-state index in [0.29, 0.717) is 24.3 Å². The van der Waals surface area contributed by atoms with Crippen molar-refractivity contribution in [3.63, 3.8) is 0 Å². The monoisotopic (exact) mass is 275 g/mol. The maximum atomic E-state index is 13.0. The van der Waals surface area contributed by atoms with Gasteiger partial charge in [-0.2, -0.15) is 12.7 Å². The molecule has 0 spiro atoms. The van der Waals surface area contributed by atoms with Crippen molar-refractivity contribution in [1.29, 1.82) is 0 Å². The lowest BCUT2D eigenvalue weighted by atomic mass is 10.2. The van der Waals surface area contributed by atoms with Gasteiger partial charge in [0, 0.05) is 19.6 Å². The smallest absolute Gasteiger partial charge is 0.301 e. The number of nitrogens with zero attached hydrogens (tertiary/aromatic N) is 1. The second-order valence-corrected chi connectivity index (χ2v) is 5.37. The van der Waals surface area contributed by atoms with Crippen molar-refractivity contribution in [2.45, 2.75) is 20.4 Å². The lowest BCUT2D eigenvalue weighted by molar-refractivity contribution is 0.449. The lowest BCUT2D eigenvalue weighted by Gasteiger charge is -2.20. The van der Waals surface area contributed by atoms with Crippen LogP contribution in [0.4, 0.5) is 10.1 Å². The Hall–Kier alpha value is -1.18. The Kier molecular flexibility index (Phi) is 5.06. The van der Waals surface area contributed by atoms with E-state index >= 15 is 0 Å². The molecule has 0 aliphatic rings. The summed E-state index contributed by atoms with van der Waals surface area (Å²) in [5.41, 5.74) is 6.20. The zero-order valence-corrected chi connectivity index (χ0v) is 11.3. The van der Waals surface area contributed by atoms with E-state index in [2.05, 4.69) is 4.72 Å². The highest BCUT2D eigenvalue weighted by molar-refractivity contribution is 7.90. The number of nitrogens with one attached hydrogen (secondary N) is 1. The van der Waals surface area contributed by atoms with Gasteiger partial charge in [-0.25, -0.2) is 4.39 Å². The maximum absolute atomic E-state index is 13.0. The van der Waals surface area contributed by atoms with Crippen molar-refractivity contribution >= 4 is 15.9 Å². The molecule has 0 bridgehead atoms. The van der Waals surface area contributed by atoms with Crippen molar-refractivity contribution in [3.8, 4) is 0 Å². The van der Waals surface area contributed by atoms with E-state index < -0.39 is 16.0 Å². The summed E-state index contributed by atoms with van der Waals surface area (Å²) in [6.45, 7) is 4.29. The van der Waals surface area contributed by atoms with Crippen molar-refractivity contribution in [3.05, 3.63) is 29.6 Å². The Labute approximate surface area is 107 Å². The lowest BCUT2D eigenvalue weighted by Crippen LogP contribution is -2.35. The van der Waals surface area contributed by atoms with Crippen LogP contribution in [0.3, 0.4) is 0 Å². The van der Waals surface area contributed by atoms with Crippen LogP contribution in [0.1, 0.15) is 19.4 Å². The molecule has 0 unspecified atom stereocenters. The molecule has 1 aromatic carbocycles. The van der Waals surface area contributed by atoms with E-state index in [0.717, 1.165) is 0 Å². The largest absolute Gasteiger partial charge is 0.326 e. The van der Waals surface area contributed by atoms with Gasteiger partial charge in [0.05, 0.1) is 5.69 Å². The molecule has 5 nitrogen and oxygen atoms in total. The number of hydrogen-bond donors (Lipinski definition) is 2. The fraction of sp³-hybridized carbons (Fsp3) is 0.455. The second kappa shape index (κ2) is 6.12. The first kappa shape index (κ1) is 14.9. The highest BCUT2D eigenvalue weighted by atomic mass is 32.2. The van der Waals surface area contributed by atoms with Gasteiger partial charge in [-0.05, 0) is 23.8 Å². The molecule has 0 amide bonds. The van der Waals surface area contributed by atoms with Crippen LogP contribution in [0.25, 0.3) is 0 Å². The summed E-state index contributed by atoms with van der Waals surface area (Å²) < 4.78 is 40.7. The minimum atomic E-state index is -3.62. The van der Waals surface area contributed by atoms with E-state index in [4.69, 9.17) is 5.73 Å². The first-order valence-electron chi connectivity index (χ1n) is 5.71. The zero-order valence-electron chi connectivity index (χ0n) is 10.5. The summed E-state index contributed by atoms with van der Waals surface area (Å²) in [6, 6.07) is 3.79. The predicted molar refractivity (Wildman–Crippen MR) is 69.8 cm³/mol. The first-order chi connectivity index (χ1) is 8.44. The van der Waals surface area contributed by atoms with Gasteiger partial charge in [0.25, 0.3) is 0 Å². The van der Waals surface area contributed by atoms with Gasteiger partial charge in [0.15, 0.2) is 0 Å². The normalized spacial score (nSPS) is 11.8. The molecule has 1 aromatic rings. The van der Waals surface area contributed by atoms with Crippen molar-refractivity contribution in [1.82, 2.24) is 4.31 Å². The Morgan fingerprint density at radius 3 is 2.44 bits per heavy atom. The third kappa shape index (κ3) is 3.41. The van der Waals surface area contributed by atoms with Crippen LogP contribution >= 0.6 is 0 Å². The molecule has 1 rings (SSSR count). The third-order valence-electron chi connectivity index (χ3n) is 2.57. The van der Waals surface area contributed by atoms with Crippen molar-refractivity contribution in [2.75, 3.05) is 17.8 Å². The van der Waals surface area contributed by atoms with E-state index in [-0.39, 0.29) is 6.54 Å². The van der Waals surface area contributed by atoms with Crippen LogP contribution in [0, 0.1) is 5.82 Å². The molecule has 0 saturated heterocycles. The van der Waals surface area contributed by atoms with Crippen molar-refractivity contribution in [2.24, 2.45) is 5.73 Å². The number of benzene rings is 1. The molecule has 0 heterocycles. The van der Waals surface area contributed by atoms with Crippen LogP contribution in [0.2, 0.25) is 0 Å². The number of hydrogen-bond acceptors (Lipinski definition) is 3. The molecule has 7 heteroatoms. The van der Waals surface area contributed by atoms with E-state index in [9.17, 15) is 12.8 Å². The molecule has 0 fully saturated rings. The van der Waals surface area contributed by atoms with Gasteiger partial charge in [-0.3, -0.25) is 4.72 Å².